The number of benzene rings is 1. The second kappa shape index (κ2) is 9.61. The summed E-state index contributed by atoms with van der Waals surface area (Å²) in [6.07, 6.45) is 1.55. The standard InChI is InChI=1S/C23H30ClN5O4S2/c1-13-12-17(33-14(13)2)20(23(3,4)5)26-22-21(27-34-28-22)25-16-9-8-15(24)19(18(16)30)35(31,32)29-10-6-7-11-29/h8-9,12,20,30H,6-7,10-11H2,1-5H3,(H,25,27)(H,26,28)/t20-/m0/s1. The number of aryl methyl sites for hydroxylation is 2. The van der Waals surface area contributed by atoms with Crippen LogP contribution in [0.25, 0.3) is 0 Å². The molecule has 0 unspecified atom stereocenters. The lowest BCUT2D eigenvalue weighted by Crippen LogP contribution is -2.28. The van der Waals surface area contributed by atoms with Crippen LogP contribution in [0.1, 0.15) is 56.7 Å². The van der Waals surface area contributed by atoms with Crippen molar-refractivity contribution < 1.29 is 17.9 Å². The van der Waals surface area contributed by atoms with Gasteiger partial charge in [0.15, 0.2) is 17.4 Å². The number of aromatic hydroxyl groups is 1. The van der Waals surface area contributed by atoms with Gasteiger partial charge < -0.3 is 20.2 Å². The van der Waals surface area contributed by atoms with Gasteiger partial charge in [-0.2, -0.15) is 13.1 Å². The largest absolute Gasteiger partial charge is 0.504 e. The van der Waals surface area contributed by atoms with Crippen LogP contribution < -0.4 is 10.6 Å². The average molecular weight is 540 g/mol. The van der Waals surface area contributed by atoms with Crippen LogP contribution in [0.15, 0.2) is 27.5 Å². The molecule has 1 aliphatic heterocycles. The van der Waals surface area contributed by atoms with Crippen LogP contribution in [-0.4, -0.2) is 39.7 Å². The van der Waals surface area contributed by atoms with Crippen LogP contribution in [0.5, 0.6) is 5.75 Å². The lowest BCUT2D eigenvalue weighted by molar-refractivity contribution is 0.300. The molecule has 2 aromatic heterocycles. The van der Waals surface area contributed by atoms with E-state index in [4.69, 9.17) is 16.0 Å². The fourth-order valence-electron chi connectivity index (χ4n) is 4.04. The Morgan fingerprint density at radius 1 is 1.17 bits per heavy atom. The number of rotatable bonds is 7. The highest BCUT2D eigenvalue weighted by Gasteiger charge is 2.34. The van der Waals surface area contributed by atoms with Crippen molar-refractivity contribution in [2.24, 2.45) is 5.41 Å². The Morgan fingerprint density at radius 2 is 1.83 bits per heavy atom. The summed E-state index contributed by atoms with van der Waals surface area (Å²) in [5.74, 6) is 1.99. The SMILES string of the molecule is Cc1cc([C@H](Nc2nsnc2Nc2ccc(Cl)c(S(=O)(=O)N3CCCC3)c2O)C(C)(C)C)oc1C. The Balaban J connectivity index is 1.65. The molecule has 0 amide bonds. The Hall–Kier alpha value is -2.34. The normalized spacial score (nSPS) is 15.9. The molecule has 1 atom stereocenters. The van der Waals surface area contributed by atoms with E-state index in [1.807, 2.05) is 19.9 Å². The van der Waals surface area contributed by atoms with Gasteiger partial charge >= 0.3 is 0 Å². The topological polar surface area (TPSA) is 121 Å². The fraction of sp³-hybridized carbons (Fsp3) is 0.478. The fourth-order valence-corrected chi connectivity index (χ4v) is 6.62. The van der Waals surface area contributed by atoms with Gasteiger partial charge in [0.1, 0.15) is 16.4 Å². The molecule has 12 heteroatoms. The van der Waals surface area contributed by atoms with Crippen molar-refractivity contribution in [2.45, 2.75) is 58.4 Å². The molecule has 190 valence electrons. The van der Waals surface area contributed by atoms with E-state index < -0.39 is 15.8 Å². The minimum Gasteiger partial charge on any atom is -0.504 e. The van der Waals surface area contributed by atoms with Gasteiger partial charge in [-0.25, -0.2) is 8.42 Å². The predicted octanol–water partition coefficient (Wildman–Crippen LogP) is 5.83. The number of aromatic nitrogens is 2. The number of hydrogen-bond acceptors (Lipinski definition) is 9. The van der Waals surface area contributed by atoms with Crippen LogP contribution in [-0.2, 0) is 10.0 Å². The highest BCUT2D eigenvalue weighted by atomic mass is 35.5. The third-order valence-corrected chi connectivity index (χ3v) is 9.03. The zero-order valence-corrected chi connectivity index (χ0v) is 22.7. The van der Waals surface area contributed by atoms with E-state index in [9.17, 15) is 13.5 Å². The maximum absolute atomic E-state index is 13.1. The second-order valence-electron chi connectivity index (χ2n) is 9.80. The van der Waals surface area contributed by atoms with Gasteiger partial charge in [0.2, 0.25) is 10.0 Å². The first kappa shape index (κ1) is 25.7. The molecule has 0 spiro atoms. The number of phenolic OH excluding ortho intramolecular Hbond substituents is 1. The first-order chi connectivity index (χ1) is 16.4. The second-order valence-corrected chi connectivity index (χ2v) is 12.6. The number of nitrogens with one attached hydrogen (secondary N) is 2. The van der Waals surface area contributed by atoms with Crippen LogP contribution in [0.2, 0.25) is 5.02 Å². The number of anilines is 3. The number of nitrogens with zero attached hydrogens (tertiary/aromatic N) is 3. The zero-order valence-electron chi connectivity index (χ0n) is 20.3. The Morgan fingerprint density at radius 3 is 2.43 bits per heavy atom. The Labute approximate surface area is 214 Å². The zero-order chi connectivity index (χ0) is 25.5. The van der Waals surface area contributed by atoms with Crippen molar-refractivity contribution in [1.29, 1.82) is 0 Å². The molecule has 1 fully saturated rings. The van der Waals surface area contributed by atoms with Gasteiger partial charge in [0, 0.05) is 13.1 Å². The molecule has 0 aliphatic carbocycles. The summed E-state index contributed by atoms with van der Waals surface area (Å²) >= 11 is 7.23. The summed E-state index contributed by atoms with van der Waals surface area (Å²) in [5, 5.41) is 17.3. The first-order valence-corrected chi connectivity index (χ1v) is 13.9. The summed E-state index contributed by atoms with van der Waals surface area (Å²) in [4.78, 5) is -0.308. The highest BCUT2D eigenvalue weighted by Crippen LogP contribution is 2.42. The molecular formula is C23H30ClN5O4S2. The predicted molar refractivity (Wildman–Crippen MR) is 138 cm³/mol. The lowest BCUT2D eigenvalue weighted by Gasteiger charge is -2.30. The average Bonchev–Trinajstić information content (AvgIpc) is 3.50. The van der Waals surface area contributed by atoms with E-state index in [0.29, 0.717) is 24.7 Å². The number of halogens is 1. The van der Waals surface area contributed by atoms with Crippen molar-refractivity contribution in [2.75, 3.05) is 23.7 Å². The van der Waals surface area contributed by atoms with E-state index in [1.54, 1.807) is 0 Å². The molecule has 0 radical (unpaired) electrons. The Kier molecular flexibility index (Phi) is 7.07. The highest BCUT2D eigenvalue weighted by molar-refractivity contribution is 7.89. The molecule has 1 aromatic carbocycles. The van der Waals surface area contributed by atoms with E-state index in [1.165, 1.54) is 16.4 Å². The van der Waals surface area contributed by atoms with Crippen molar-refractivity contribution in [3.05, 3.63) is 40.3 Å². The minimum absolute atomic E-state index is 0.0361. The van der Waals surface area contributed by atoms with Crippen LogP contribution >= 0.6 is 23.3 Å². The van der Waals surface area contributed by atoms with E-state index in [-0.39, 0.29) is 27.1 Å². The molecule has 3 heterocycles. The van der Waals surface area contributed by atoms with Crippen LogP contribution in [0.4, 0.5) is 17.3 Å². The summed E-state index contributed by atoms with van der Waals surface area (Å²) in [6.45, 7) is 11.0. The van der Waals surface area contributed by atoms with Gasteiger partial charge in [-0.15, -0.1) is 0 Å². The van der Waals surface area contributed by atoms with Crippen LogP contribution in [0, 0.1) is 19.3 Å². The number of hydrogen-bond donors (Lipinski definition) is 3. The summed E-state index contributed by atoms with van der Waals surface area (Å²) in [7, 11) is -3.94. The molecular weight excluding hydrogens is 510 g/mol. The maximum Gasteiger partial charge on any atom is 0.248 e. The van der Waals surface area contributed by atoms with Gasteiger partial charge in [0.25, 0.3) is 0 Å². The molecule has 3 N–H and O–H groups in total. The number of sulfonamides is 1. The molecule has 3 aromatic rings. The molecule has 0 bridgehead atoms. The number of furan rings is 1. The van der Waals surface area contributed by atoms with Crippen LogP contribution in [0.3, 0.4) is 0 Å². The van der Waals surface area contributed by atoms with Gasteiger partial charge in [0.05, 0.1) is 28.5 Å². The third kappa shape index (κ3) is 5.13. The molecule has 1 aliphatic rings. The summed E-state index contributed by atoms with van der Waals surface area (Å²) in [6, 6.07) is 4.76. The minimum atomic E-state index is -3.94. The van der Waals surface area contributed by atoms with Gasteiger partial charge in [-0.05, 0) is 55.9 Å². The molecule has 1 saturated heterocycles. The lowest BCUT2D eigenvalue weighted by atomic mass is 9.85. The van der Waals surface area contributed by atoms with Gasteiger partial charge in [-0.1, -0.05) is 32.4 Å². The molecule has 0 saturated carbocycles. The van der Waals surface area contributed by atoms with Crippen molar-refractivity contribution in [3.63, 3.8) is 0 Å². The molecule has 4 rings (SSSR count). The van der Waals surface area contributed by atoms with Gasteiger partial charge in [-0.3, -0.25) is 0 Å². The molecule has 9 nitrogen and oxygen atoms in total. The van der Waals surface area contributed by atoms with E-state index >= 15 is 0 Å². The summed E-state index contributed by atoms with van der Waals surface area (Å²) < 4.78 is 42.3. The third-order valence-electron chi connectivity index (χ3n) is 6.10. The monoisotopic (exact) mass is 539 g/mol. The van der Waals surface area contributed by atoms with Crippen molar-refractivity contribution >= 4 is 50.7 Å². The van der Waals surface area contributed by atoms with E-state index in [0.717, 1.165) is 41.7 Å². The number of phenols is 1. The van der Waals surface area contributed by atoms with Crippen molar-refractivity contribution in [3.8, 4) is 5.75 Å². The summed E-state index contributed by atoms with van der Waals surface area (Å²) in [5.41, 5.74) is 1.00. The Bertz CT molecular complexity index is 1300. The first-order valence-electron chi connectivity index (χ1n) is 11.3. The maximum atomic E-state index is 13.1. The molecule has 35 heavy (non-hydrogen) atoms. The quantitative estimate of drug-likeness (QED) is 0.320. The van der Waals surface area contributed by atoms with Crippen molar-refractivity contribution in [1.82, 2.24) is 13.1 Å². The smallest absolute Gasteiger partial charge is 0.248 e. The van der Waals surface area contributed by atoms with E-state index in [2.05, 4.69) is 40.2 Å².